The topological polar surface area (TPSA) is 50.1 Å². The van der Waals surface area contributed by atoms with Gasteiger partial charge in [-0.2, -0.15) is 10.1 Å². The monoisotopic (exact) mass is 366 g/mol. The van der Waals surface area contributed by atoms with Crippen LogP contribution in [0.3, 0.4) is 0 Å². The predicted octanol–water partition coefficient (Wildman–Crippen LogP) is 3.06. The van der Waals surface area contributed by atoms with E-state index in [-0.39, 0.29) is 5.82 Å². The van der Waals surface area contributed by atoms with Gasteiger partial charge in [0, 0.05) is 37.5 Å². The molecule has 7 heteroatoms. The maximum Gasteiger partial charge on any atom is 0.227 e. The highest BCUT2D eigenvalue weighted by atomic mass is 19.1. The highest BCUT2D eigenvalue weighted by Gasteiger charge is 2.27. The van der Waals surface area contributed by atoms with E-state index in [0.717, 1.165) is 41.7 Å². The lowest BCUT2D eigenvalue weighted by Gasteiger charge is -2.22. The van der Waals surface area contributed by atoms with Gasteiger partial charge < -0.3 is 9.80 Å². The van der Waals surface area contributed by atoms with Crippen molar-refractivity contribution in [2.75, 3.05) is 23.9 Å². The Bertz CT molecular complexity index is 977. The van der Waals surface area contributed by atoms with Crippen molar-refractivity contribution in [3.63, 3.8) is 0 Å². The fraction of sp³-hybridized carbons (Fsp3) is 0.350. The second-order valence-corrected chi connectivity index (χ2v) is 7.21. The first kappa shape index (κ1) is 17.5. The summed E-state index contributed by atoms with van der Waals surface area (Å²) in [4.78, 5) is 13.5. The highest BCUT2D eigenvalue weighted by Crippen LogP contribution is 2.31. The molecule has 0 bridgehead atoms. The summed E-state index contributed by atoms with van der Waals surface area (Å²) in [5, 5.41) is 4.52. The summed E-state index contributed by atoms with van der Waals surface area (Å²) in [6.45, 7) is 6.25. The molecule has 6 nitrogen and oxygen atoms in total. The maximum atomic E-state index is 13.1. The first-order valence-corrected chi connectivity index (χ1v) is 8.98. The number of benzene rings is 1. The van der Waals surface area contributed by atoms with Crippen LogP contribution < -0.4 is 9.80 Å². The Balaban J connectivity index is 1.60. The van der Waals surface area contributed by atoms with Crippen LogP contribution in [0.15, 0.2) is 30.5 Å². The Morgan fingerprint density at radius 1 is 1.07 bits per heavy atom. The molecule has 0 atom stereocenters. The fourth-order valence-electron chi connectivity index (χ4n) is 3.36. The minimum Gasteiger partial charge on any atom is -0.347 e. The molecule has 0 saturated carbocycles. The molecule has 0 amide bonds. The fourth-order valence-corrected chi connectivity index (χ4v) is 3.36. The third kappa shape index (κ3) is 3.25. The van der Waals surface area contributed by atoms with Crippen molar-refractivity contribution in [3.05, 3.63) is 64.4 Å². The number of aryl methyl sites for hydroxylation is 1. The number of rotatable bonds is 4. The first-order valence-electron chi connectivity index (χ1n) is 8.98. The molecule has 3 heterocycles. The van der Waals surface area contributed by atoms with Gasteiger partial charge in [0.2, 0.25) is 5.95 Å². The molecule has 0 fully saturated rings. The summed E-state index contributed by atoms with van der Waals surface area (Å²) < 4.78 is 15.1. The van der Waals surface area contributed by atoms with Gasteiger partial charge in [0.15, 0.2) is 0 Å². The van der Waals surface area contributed by atoms with Gasteiger partial charge in [-0.1, -0.05) is 12.1 Å². The second-order valence-electron chi connectivity index (χ2n) is 7.21. The van der Waals surface area contributed by atoms with Crippen LogP contribution in [0.2, 0.25) is 0 Å². The van der Waals surface area contributed by atoms with Crippen molar-refractivity contribution in [2.45, 2.75) is 33.5 Å². The number of halogens is 1. The Morgan fingerprint density at radius 2 is 1.81 bits per heavy atom. The summed E-state index contributed by atoms with van der Waals surface area (Å²) in [5.41, 5.74) is 5.52. The quantitative estimate of drug-likeness (QED) is 0.710. The lowest BCUT2D eigenvalue weighted by Crippen LogP contribution is -2.22. The van der Waals surface area contributed by atoms with E-state index in [1.54, 1.807) is 12.1 Å². The van der Waals surface area contributed by atoms with E-state index in [1.807, 2.05) is 36.8 Å². The molecular formula is C20H23FN6. The van der Waals surface area contributed by atoms with Gasteiger partial charge in [-0.15, -0.1) is 0 Å². The number of aromatic nitrogens is 4. The third-order valence-corrected chi connectivity index (χ3v) is 5.03. The Morgan fingerprint density at radius 3 is 2.52 bits per heavy atom. The molecule has 27 heavy (non-hydrogen) atoms. The van der Waals surface area contributed by atoms with Crippen LogP contribution in [0.4, 0.5) is 16.2 Å². The zero-order valence-corrected chi connectivity index (χ0v) is 16.1. The molecule has 1 aliphatic heterocycles. The lowest BCUT2D eigenvalue weighted by molar-refractivity contribution is 0.620. The average Bonchev–Trinajstić information content (AvgIpc) is 3.21. The average molecular weight is 366 g/mol. The summed E-state index contributed by atoms with van der Waals surface area (Å²) in [6, 6.07) is 6.58. The van der Waals surface area contributed by atoms with Crippen LogP contribution in [0.5, 0.6) is 0 Å². The summed E-state index contributed by atoms with van der Waals surface area (Å²) in [5.74, 6) is 1.47. The van der Waals surface area contributed by atoms with Crippen molar-refractivity contribution in [1.82, 2.24) is 19.7 Å². The molecule has 3 aromatic rings. The molecule has 0 radical (unpaired) electrons. The van der Waals surface area contributed by atoms with Gasteiger partial charge in [0.1, 0.15) is 11.6 Å². The molecule has 2 aromatic heterocycles. The Kier molecular flexibility index (Phi) is 4.30. The van der Waals surface area contributed by atoms with E-state index in [2.05, 4.69) is 21.9 Å². The standard InChI is InChI=1S/C20H23FN6/c1-13-14(2)23-20(25(3)4)24-19(13)26-11-16-9-22-27(18(16)12-26)10-15-5-7-17(21)8-6-15/h5-9H,10-12H2,1-4H3. The predicted molar refractivity (Wildman–Crippen MR) is 103 cm³/mol. The summed E-state index contributed by atoms with van der Waals surface area (Å²) in [7, 11) is 3.90. The molecule has 0 spiro atoms. The zero-order valence-electron chi connectivity index (χ0n) is 16.1. The van der Waals surface area contributed by atoms with Gasteiger partial charge in [0.25, 0.3) is 0 Å². The molecule has 1 aromatic carbocycles. The summed E-state index contributed by atoms with van der Waals surface area (Å²) in [6.07, 6.45) is 1.93. The summed E-state index contributed by atoms with van der Waals surface area (Å²) >= 11 is 0. The van der Waals surface area contributed by atoms with Crippen LogP contribution in [0.1, 0.15) is 28.1 Å². The van der Waals surface area contributed by atoms with Crippen molar-refractivity contribution >= 4 is 11.8 Å². The number of nitrogens with zero attached hydrogens (tertiary/aromatic N) is 6. The third-order valence-electron chi connectivity index (χ3n) is 5.03. The van der Waals surface area contributed by atoms with E-state index < -0.39 is 0 Å². The Labute approximate surface area is 158 Å². The van der Waals surface area contributed by atoms with Crippen molar-refractivity contribution in [2.24, 2.45) is 0 Å². The smallest absolute Gasteiger partial charge is 0.227 e. The van der Waals surface area contributed by atoms with E-state index in [4.69, 9.17) is 4.98 Å². The van der Waals surface area contributed by atoms with E-state index in [0.29, 0.717) is 6.54 Å². The number of anilines is 2. The Hall–Kier alpha value is -2.96. The maximum absolute atomic E-state index is 13.1. The molecule has 140 valence electrons. The minimum atomic E-state index is -0.220. The van der Waals surface area contributed by atoms with Gasteiger partial charge in [-0.05, 0) is 31.5 Å². The highest BCUT2D eigenvalue weighted by molar-refractivity contribution is 5.54. The molecule has 0 saturated heterocycles. The number of fused-ring (bicyclic) bond motifs is 1. The zero-order chi connectivity index (χ0) is 19.1. The van der Waals surface area contributed by atoms with Crippen molar-refractivity contribution in [3.8, 4) is 0 Å². The van der Waals surface area contributed by atoms with E-state index >= 15 is 0 Å². The molecule has 4 rings (SSSR count). The van der Waals surface area contributed by atoms with E-state index in [1.165, 1.54) is 23.4 Å². The van der Waals surface area contributed by atoms with Gasteiger partial charge >= 0.3 is 0 Å². The molecular weight excluding hydrogens is 343 g/mol. The van der Waals surface area contributed by atoms with Gasteiger partial charge in [-0.3, -0.25) is 4.68 Å². The van der Waals surface area contributed by atoms with Crippen LogP contribution >= 0.6 is 0 Å². The number of hydrogen-bond donors (Lipinski definition) is 0. The normalized spacial score (nSPS) is 13.1. The van der Waals surface area contributed by atoms with Crippen LogP contribution in [-0.2, 0) is 19.6 Å². The number of hydrogen-bond acceptors (Lipinski definition) is 5. The minimum absolute atomic E-state index is 0.220. The van der Waals surface area contributed by atoms with Gasteiger partial charge in [-0.25, -0.2) is 9.37 Å². The molecule has 0 unspecified atom stereocenters. The van der Waals surface area contributed by atoms with Gasteiger partial charge in [0.05, 0.1) is 25.0 Å². The lowest BCUT2D eigenvalue weighted by atomic mass is 10.2. The van der Waals surface area contributed by atoms with E-state index in [9.17, 15) is 4.39 Å². The van der Waals surface area contributed by atoms with Crippen LogP contribution in [-0.4, -0.2) is 33.8 Å². The molecule has 1 aliphatic rings. The van der Waals surface area contributed by atoms with Crippen molar-refractivity contribution < 1.29 is 4.39 Å². The molecule has 0 N–H and O–H groups in total. The largest absolute Gasteiger partial charge is 0.347 e. The van der Waals surface area contributed by atoms with Crippen LogP contribution in [0, 0.1) is 19.7 Å². The van der Waals surface area contributed by atoms with Crippen molar-refractivity contribution in [1.29, 1.82) is 0 Å². The second kappa shape index (κ2) is 6.64. The first-order chi connectivity index (χ1) is 12.9. The molecule has 0 aliphatic carbocycles. The van der Waals surface area contributed by atoms with Crippen LogP contribution in [0.25, 0.3) is 0 Å². The SMILES string of the molecule is Cc1nc(N(C)C)nc(N2Cc3cnn(Cc4ccc(F)cc4)c3C2)c1C.